The third-order valence-corrected chi connectivity index (χ3v) is 3.85. The summed E-state index contributed by atoms with van der Waals surface area (Å²) in [5, 5.41) is 4.41. The van der Waals surface area contributed by atoms with Gasteiger partial charge >= 0.3 is 5.97 Å². The lowest BCUT2D eigenvalue weighted by molar-refractivity contribution is -0.145. The monoisotopic (exact) mass is 331 g/mol. The maximum absolute atomic E-state index is 12.1. The van der Waals surface area contributed by atoms with E-state index in [4.69, 9.17) is 9.47 Å². The number of rotatable bonds is 9. The van der Waals surface area contributed by atoms with E-state index in [0.29, 0.717) is 19.4 Å². The van der Waals surface area contributed by atoms with Gasteiger partial charge in [-0.3, -0.25) is 4.79 Å². The molecule has 0 radical (unpaired) electrons. The number of esters is 1. The highest BCUT2D eigenvalue weighted by atomic mass is 16.7. The SMILES string of the molecule is COc1ccc2cc([C@H](C)C(=O)OCCCCON=O)ccc2c1. The van der Waals surface area contributed by atoms with Gasteiger partial charge in [-0.15, -0.1) is 4.91 Å². The maximum atomic E-state index is 12.1. The fraction of sp³-hybridized carbons (Fsp3) is 0.389. The van der Waals surface area contributed by atoms with Crippen molar-refractivity contribution < 1.29 is 19.1 Å². The number of unbranched alkanes of at least 4 members (excludes halogenated alkanes) is 1. The smallest absolute Gasteiger partial charge is 0.313 e. The molecule has 0 saturated carbocycles. The third-order valence-electron chi connectivity index (χ3n) is 3.85. The summed E-state index contributed by atoms with van der Waals surface area (Å²) in [6.07, 6.45) is 1.25. The Labute approximate surface area is 140 Å². The summed E-state index contributed by atoms with van der Waals surface area (Å²) in [4.78, 5) is 26.2. The van der Waals surface area contributed by atoms with Crippen LogP contribution in [0.1, 0.15) is 31.2 Å². The molecule has 0 aliphatic carbocycles. The highest BCUT2D eigenvalue weighted by Gasteiger charge is 2.17. The van der Waals surface area contributed by atoms with Crippen LogP contribution in [0.2, 0.25) is 0 Å². The number of hydrogen-bond donors (Lipinski definition) is 0. The van der Waals surface area contributed by atoms with Gasteiger partial charge in [0, 0.05) is 0 Å². The second-order valence-electron chi connectivity index (χ2n) is 5.48. The quantitative estimate of drug-likeness (QED) is 0.301. The van der Waals surface area contributed by atoms with Crippen molar-refractivity contribution in [3.05, 3.63) is 46.9 Å². The number of carbonyl (C=O) groups excluding carboxylic acids is 1. The van der Waals surface area contributed by atoms with Gasteiger partial charge in [-0.25, -0.2) is 0 Å². The number of fused-ring (bicyclic) bond motifs is 1. The molecule has 0 aromatic heterocycles. The molecule has 0 aliphatic heterocycles. The van der Waals surface area contributed by atoms with Crippen molar-refractivity contribution in [1.82, 2.24) is 0 Å². The molecule has 24 heavy (non-hydrogen) atoms. The minimum Gasteiger partial charge on any atom is -0.497 e. The summed E-state index contributed by atoms with van der Waals surface area (Å²) in [7, 11) is 1.63. The number of ether oxygens (including phenoxy) is 2. The predicted octanol–water partition coefficient (Wildman–Crippen LogP) is 3.97. The third kappa shape index (κ3) is 4.68. The molecule has 2 rings (SSSR count). The van der Waals surface area contributed by atoms with Gasteiger partial charge in [0.15, 0.2) is 5.34 Å². The van der Waals surface area contributed by atoms with Crippen molar-refractivity contribution in [2.75, 3.05) is 20.3 Å². The average molecular weight is 331 g/mol. The van der Waals surface area contributed by atoms with Crippen LogP contribution in [0.4, 0.5) is 0 Å². The molecule has 6 heteroatoms. The Morgan fingerprint density at radius 1 is 1.08 bits per heavy atom. The zero-order valence-corrected chi connectivity index (χ0v) is 13.9. The van der Waals surface area contributed by atoms with E-state index in [-0.39, 0.29) is 18.5 Å². The summed E-state index contributed by atoms with van der Waals surface area (Å²) in [5.74, 6) is 0.193. The van der Waals surface area contributed by atoms with E-state index in [1.54, 1.807) is 7.11 Å². The molecule has 2 aromatic carbocycles. The summed E-state index contributed by atoms with van der Waals surface area (Å²) in [5.41, 5.74) is 0.908. The van der Waals surface area contributed by atoms with Crippen LogP contribution >= 0.6 is 0 Å². The molecular formula is C18H21NO5. The highest BCUT2D eigenvalue weighted by Crippen LogP contribution is 2.25. The number of methoxy groups -OCH3 is 1. The van der Waals surface area contributed by atoms with E-state index in [9.17, 15) is 9.70 Å². The fourth-order valence-electron chi connectivity index (χ4n) is 2.38. The normalized spacial score (nSPS) is 11.8. The second-order valence-corrected chi connectivity index (χ2v) is 5.48. The minimum absolute atomic E-state index is 0.241. The first-order valence-electron chi connectivity index (χ1n) is 7.84. The number of benzene rings is 2. The van der Waals surface area contributed by atoms with E-state index in [1.165, 1.54) is 0 Å². The number of carbonyl (C=O) groups is 1. The summed E-state index contributed by atoms with van der Waals surface area (Å²) in [6.45, 7) is 2.37. The molecule has 0 aliphatic rings. The molecule has 1 atom stereocenters. The first-order valence-corrected chi connectivity index (χ1v) is 7.84. The zero-order valence-electron chi connectivity index (χ0n) is 13.9. The lowest BCUT2D eigenvalue weighted by Gasteiger charge is -2.13. The van der Waals surface area contributed by atoms with Crippen LogP contribution in [0.25, 0.3) is 10.8 Å². The molecule has 0 N–H and O–H groups in total. The first-order chi connectivity index (χ1) is 11.7. The Hall–Kier alpha value is -2.63. The standard InChI is InChI=1S/C18H21NO5/c1-13(18(20)23-9-3-4-10-24-19-21)14-5-6-16-12-17(22-2)8-7-15(16)11-14/h5-8,11-13H,3-4,9-10H2,1-2H3/t13-/m0/s1. The van der Waals surface area contributed by atoms with Crippen molar-refractivity contribution in [2.24, 2.45) is 5.34 Å². The van der Waals surface area contributed by atoms with E-state index in [1.807, 2.05) is 43.3 Å². The van der Waals surface area contributed by atoms with Gasteiger partial charge in [-0.1, -0.05) is 24.3 Å². The van der Waals surface area contributed by atoms with Crippen molar-refractivity contribution >= 4 is 16.7 Å². The Morgan fingerprint density at radius 3 is 2.54 bits per heavy atom. The van der Waals surface area contributed by atoms with Crippen LogP contribution < -0.4 is 4.74 Å². The topological polar surface area (TPSA) is 74.2 Å². The van der Waals surface area contributed by atoms with Gasteiger partial charge in [0.2, 0.25) is 0 Å². The van der Waals surface area contributed by atoms with E-state index in [2.05, 4.69) is 10.2 Å². The van der Waals surface area contributed by atoms with Gasteiger partial charge in [0.05, 0.1) is 19.6 Å². The molecule has 0 heterocycles. The van der Waals surface area contributed by atoms with Crippen molar-refractivity contribution in [1.29, 1.82) is 0 Å². The minimum atomic E-state index is -0.343. The molecule has 6 nitrogen and oxygen atoms in total. The zero-order chi connectivity index (χ0) is 17.4. The van der Waals surface area contributed by atoms with Crippen LogP contribution in [0.3, 0.4) is 0 Å². The highest BCUT2D eigenvalue weighted by molar-refractivity contribution is 5.86. The van der Waals surface area contributed by atoms with E-state index >= 15 is 0 Å². The van der Waals surface area contributed by atoms with Crippen molar-refractivity contribution in [3.63, 3.8) is 0 Å². The average Bonchev–Trinajstić information content (AvgIpc) is 2.62. The van der Waals surface area contributed by atoms with Crippen molar-refractivity contribution in [3.8, 4) is 5.75 Å². The van der Waals surface area contributed by atoms with Gasteiger partial charge in [-0.05, 0) is 48.2 Å². The fourth-order valence-corrected chi connectivity index (χ4v) is 2.38. The first kappa shape index (κ1) is 17.7. The molecule has 128 valence electrons. The lowest BCUT2D eigenvalue weighted by Crippen LogP contribution is -2.14. The van der Waals surface area contributed by atoms with Crippen LogP contribution in [-0.2, 0) is 14.4 Å². The molecule has 0 unspecified atom stereocenters. The van der Waals surface area contributed by atoms with Crippen LogP contribution in [-0.4, -0.2) is 26.3 Å². The number of nitrogens with zero attached hydrogens (tertiary/aromatic N) is 1. The maximum Gasteiger partial charge on any atom is 0.313 e. The Balaban J connectivity index is 1.93. The largest absolute Gasteiger partial charge is 0.497 e. The van der Waals surface area contributed by atoms with Crippen LogP contribution in [0.15, 0.2) is 41.7 Å². The summed E-state index contributed by atoms with van der Waals surface area (Å²) in [6, 6.07) is 11.7. The molecule has 0 amide bonds. The molecular weight excluding hydrogens is 310 g/mol. The molecule has 0 saturated heterocycles. The predicted molar refractivity (Wildman–Crippen MR) is 90.9 cm³/mol. The Morgan fingerprint density at radius 2 is 1.79 bits per heavy atom. The molecule has 0 fully saturated rings. The molecule has 0 bridgehead atoms. The van der Waals surface area contributed by atoms with Crippen LogP contribution in [0, 0.1) is 4.91 Å². The van der Waals surface area contributed by atoms with Gasteiger partial charge in [0.25, 0.3) is 0 Å². The van der Waals surface area contributed by atoms with Gasteiger partial charge < -0.3 is 14.3 Å². The van der Waals surface area contributed by atoms with Gasteiger partial charge in [0.1, 0.15) is 12.4 Å². The van der Waals surface area contributed by atoms with Gasteiger partial charge in [-0.2, -0.15) is 0 Å². The van der Waals surface area contributed by atoms with Crippen LogP contribution in [0.5, 0.6) is 5.75 Å². The molecule has 0 spiro atoms. The molecule has 2 aromatic rings. The Bertz CT molecular complexity index is 701. The second kappa shape index (κ2) is 8.86. The summed E-state index contributed by atoms with van der Waals surface area (Å²) >= 11 is 0. The van der Waals surface area contributed by atoms with E-state index < -0.39 is 0 Å². The lowest BCUT2D eigenvalue weighted by atomic mass is 9.98. The Kier molecular flexibility index (Phi) is 6.54. The number of hydrogen-bond acceptors (Lipinski definition) is 6. The van der Waals surface area contributed by atoms with Crippen molar-refractivity contribution in [2.45, 2.75) is 25.7 Å². The van der Waals surface area contributed by atoms with E-state index in [0.717, 1.165) is 22.1 Å². The summed E-state index contributed by atoms with van der Waals surface area (Å²) < 4.78 is 10.5.